The molecule has 22 heteroatoms. The van der Waals surface area contributed by atoms with Gasteiger partial charge >= 0.3 is 24.7 Å². The van der Waals surface area contributed by atoms with Crippen molar-refractivity contribution in [2.45, 2.75) is 49.4 Å². The average molecular weight is 906 g/mol. The summed E-state index contributed by atoms with van der Waals surface area (Å²) in [5.74, 6) is -5.14. The number of hydrogen-bond donors (Lipinski definition) is 6. The van der Waals surface area contributed by atoms with Crippen molar-refractivity contribution in [3.8, 4) is 28.7 Å². The molecule has 334 valence electrons. The molecule has 6 N–H and O–H groups in total. The van der Waals surface area contributed by atoms with Gasteiger partial charge in [-0.05, 0) is 109 Å². The van der Waals surface area contributed by atoms with Crippen molar-refractivity contribution in [2.24, 2.45) is 0 Å². The molecule has 0 spiro atoms. The number of nitrogens with one attached hydrogen (secondary N) is 3. The molecule has 0 atom stereocenters. The van der Waals surface area contributed by atoms with Gasteiger partial charge in [-0.2, -0.15) is 52.7 Å². The number of rotatable bonds is 12. The van der Waals surface area contributed by atoms with E-state index in [0.29, 0.717) is 54.6 Å². The van der Waals surface area contributed by atoms with Crippen molar-refractivity contribution >= 4 is 34.8 Å². The summed E-state index contributed by atoms with van der Waals surface area (Å²) in [5, 5.41) is 24.8. The molecule has 0 aromatic heterocycles. The number of benzene rings is 5. The number of phenolic OH excluding ortho intramolecular Hbond substituents is 3. The highest BCUT2D eigenvalue weighted by Gasteiger charge is 2.73. The van der Waals surface area contributed by atoms with Crippen molar-refractivity contribution in [3.63, 3.8) is 0 Å². The summed E-state index contributed by atoms with van der Waals surface area (Å²) in [5.41, 5.74) is -16.2. The molecule has 5 aromatic rings. The minimum absolute atomic E-state index is 0.0232. The van der Waals surface area contributed by atoms with Crippen LogP contribution < -0.4 is 20.7 Å². The van der Waals surface area contributed by atoms with E-state index in [1.807, 2.05) is 5.32 Å². The predicted molar refractivity (Wildman–Crippen MR) is 200 cm³/mol. The lowest BCUT2D eigenvalue weighted by molar-refractivity contribution is -0.297. The average Bonchev–Trinajstić information content (AvgIpc) is 3.20. The van der Waals surface area contributed by atoms with E-state index in [1.54, 1.807) is 0 Å². The number of carbonyl (C=O) groups excluding carboxylic acids is 3. The number of phenols is 3. The molecule has 0 aliphatic rings. The van der Waals surface area contributed by atoms with Crippen LogP contribution in [0.15, 0.2) is 103 Å². The van der Waals surface area contributed by atoms with Crippen molar-refractivity contribution < 1.29 is 87.1 Å². The second kappa shape index (κ2) is 16.6. The minimum Gasteiger partial charge on any atom is -0.506 e. The Morgan fingerprint density at radius 1 is 0.508 bits per heavy atom. The van der Waals surface area contributed by atoms with Gasteiger partial charge in [0.25, 0.3) is 14.7 Å². The summed E-state index contributed by atoms with van der Waals surface area (Å²) in [6, 6.07) is 13.3. The molecule has 0 aliphatic heterocycles. The fraction of sp³-hybridized carbons (Fsp3) is 0.195. The van der Waals surface area contributed by atoms with Crippen LogP contribution in [0.3, 0.4) is 0 Å². The lowest BCUT2D eigenvalue weighted by Crippen LogP contribution is -2.54. The van der Waals surface area contributed by atoms with Crippen LogP contribution in [-0.4, -0.2) is 60.6 Å². The zero-order chi connectivity index (χ0) is 48.5. The van der Waals surface area contributed by atoms with Crippen molar-refractivity contribution in [1.82, 2.24) is 0 Å². The maximum Gasteiger partial charge on any atom is 0.411 e. The number of hydrogen-bond acceptors (Lipinski definition) is 7. The zero-order valence-corrected chi connectivity index (χ0v) is 31.7. The summed E-state index contributed by atoms with van der Waals surface area (Å²) >= 11 is 0. The summed E-state index contributed by atoms with van der Waals surface area (Å²) in [7, 11) is 0. The van der Waals surface area contributed by atoms with Crippen LogP contribution in [0.25, 0.3) is 0 Å². The fourth-order valence-electron chi connectivity index (χ4n) is 6.20. The molecule has 0 heterocycles. The van der Waals surface area contributed by atoms with Crippen LogP contribution in [0.4, 0.5) is 69.7 Å². The van der Waals surface area contributed by atoms with Gasteiger partial charge in [-0.25, -0.2) is 0 Å². The highest BCUT2D eigenvalue weighted by atomic mass is 19.4. The molecule has 0 aliphatic carbocycles. The summed E-state index contributed by atoms with van der Waals surface area (Å²) in [4.78, 5) is 37.8. The van der Waals surface area contributed by atoms with E-state index in [9.17, 15) is 72.2 Å². The van der Waals surface area contributed by atoms with Gasteiger partial charge in [0, 0.05) is 18.1 Å². The van der Waals surface area contributed by atoms with Gasteiger partial charge in [0.2, 0.25) is 11.3 Å². The molecule has 3 amide bonds. The predicted octanol–water partition coefficient (Wildman–Crippen LogP) is 10.9. The van der Waals surface area contributed by atoms with Crippen LogP contribution in [0.2, 0.25) is 0 Å². The number of anilines is 3. The quantitative estimate of drug-likeness (QED) is 0.0537. The summed E-state index contributed by atoms with van der Waals surface area (Å²) in [6.45, 7) is 0.807. The lowest BCUT2D eigenvalue weighted by Gasteiger charge is -2.38. The van der Waals surface area contributed by atoms with Gasteiger partial charge in [0.05, 0.1) is 17.1 Å². The third-order valence-electron chi connectivity index (χ3n) is 9.66. The number of aromatic hydroxyl groups is 3. The molecular weight excluding hydrogens is 874 g/mol. The molecule has 0 saturated carbocycles. The molecule has 0 saturated heterocycles. The summed E-state index contributed by atoms with van der Waals surface area (Å²) in [6.07, 6.45) is -23.9. The van der Waals surface area contributed by atoms with Crippen molar-refractivity contribution in [2.75, 3.05) is 16.0 Å². The van der Waals surface area contributed by atoms with Crippen molar-refractivity contribution in [3.05, 3.63) is 131 Å². The van der Waals surface area contributed by atoms with E-state index in [0.717, 1.165) is 31.2 Å². The first-order valence-electron chi connectivity index (χ1n) is 18.3. The van der Waals surface area contributed by atoms with Crippen molar-refractivity contribution in [1.29, 1.82) is 2.86 Å². The number of ether oxygens (including phenoxy) is 1. The van der Waals surface area contributed by atoms with Crippen LogP contribution in [0.1, 0.15) is 51.3 Å². The first kappa shape index (κ1) is 43.9. The number of alkyl halides is 12. The van der Waals surface area contributed by atoms with E-state index in [-0.39, 0.29) is 29.5 Å². The molecule has 0 fully saturated rings. The van der Waals surface area contributed by atoms with E-state index in [4.69, 9.17) is 7.60 Å². The van der Waals surface area contributed by atoms with Crippen LogP contribution in [0, 0.1) is 0 Å². The Labute approximate surface area is 349 Å². The molecule has 0 bridgehead atoms. The maximum absolute atomic E-state index is 14.9. The number of amides is 3. The molecule has 0 unspecified atom stereocenters. The Balaban J connectivity index is 1.36. The highest BCUT2D eigenvalue weighted by Crippen LogP contribution is 2.58. The molecule has 5 aromatic carbocycles. The minimum atomic E-state index is -6.15. The standard InChI is InChI=1S/C41H29F12N3O7/c1-20(57)54-28-18-24(8-15-31(28)58)37(40(48,49)50,41(51,52)53)25-9-16-33(60)30(19-25)56-35(62)22-5-12-27(13-6-22)63-26-10-3-21(4-11-26)34(61)55-29-17-23(7-14-32(29)59)36(2,38(42,43)44)39(45,46)47/h3-19,58-60H,1-2H3,(H,54,57)(H,55,61)(H,56,62)/i/hD2. The van der Waals surface area contributed by atoms with Gasteiger partial charge in [-0.1, -0.05) is 18.2 Å². The third kappa shape index (κ3) is 9.09. The highest BCUT2D eigenvalue weighted by molar-refractivity contribution is 6.06. The maximum atomic E-state index is 14.9. The van der Waals surface area contributed by atoms with Crippen LogP contribution in [-0.2, 0) is 15.6 Å². The molecule has 5 rings (SSSR count). The molecule has 0 radical (unpaired) electrons. The monoisotopic (exact) mass is 905 g/mol. The Kier molecular flexibility index (Phi) is 11.6. The van der Waals surface area contributed by atoms with E-state index in [2.05, 4.69) is 20.9 Å². The second-order valence-corrected chi connectivity index (χ2v) is 13.8. The molecular formula is C41H29F12N3O7. The largest absolute Gasteiger partial charge is 0.506 e. The lowest BCUT2D eigenvalue weighted by atomic mass is 9.72. The topological polar surface area (TPSA) is 157 Å². The van der Waals surface area contributed by atoms with Crippen LogP contribution in [0.5, 0.6) is 28.7 Å². The van der Waals surface area contributed by atoms with Gasteiger partial charge in [0.1, 0.15) is 28.7 Å². The van der Waals surface area contributed by atoms with Gasteiger partial charge in [0.15, 0.2) is 5.41 Å². The first-order chi connectivity index (χ1) is 30.1. The number of halogens is 12. The van der Waals surface area contributed by atoms with E-state index in [1.165, 1.54) is 24.3 Å². The zero-order valence-electron chi connectivity index (χ0n) is 33.7. The SMILES string of the molecule is [2H]Oc1ccc(C(C)(C(F)(F)F)C(F)(F)F)cc1NC(=O)c1ccc(Oc2ccc(C(=O)Nc3cc(C(c4ccc(O)c(NC(C)=O)c4)(C(F)(F)F)C(F)(F)F)ccc3O[2H])cc2)cc1. The smallest absolute Gasteiger partial charge is 0.411 e. The fourth-order valence-corrected chi connectivity index (χ4v) is 6.20. The first-order valence-corrected chi connectivity index (χ1v) is 17.5. The number of carbonyl (C=O) groups is 3. The Morgan fingerprint density at radius 2 is 0.857 bits per heavy atom. The Morgan fingerprint density at radius 3 is 1.21 bits per heavy atom. The second-order valence-electron chi connectivity index (χ2n) is 13.8. The van der Waals surface area contributed by atoms with Gasteiger partial charge in [-0.3, -0.25) is 14.4 Å². The molecule has 63 heavy (non-hydrogen) atoms. The third-order valence-corrected chi connectivity index (χ3v) is 9.66. The normalized spacial score (nSPS) is 13.0. The Hall–Kier alpha value is -7.13. The molecule has 10 nitrogen and oxygen atoms in total. The van der Waals surface area contributed by atoms with E-state index < -0.39 is 104 Å². The summed E-state index contributed by atoms with van der Waals surface area (Å²) < 4.78 is 192. The van der Waals surface area contributed by atoms with Gasteiger partial charge in [-0.15, -0.1) is 0 Å². The van der Waals surface area contributed by atoms with Gasteiger partial charge < -0.3 is 36.0 Å². The Bertz CT molecular complexity index is 2560. The van der Waals surface area contributed by atoms with E-state index >= 15 is 0 Å². The van der Waals surface area contributed by atoms with Crippen LogP contribution >= 0.6 is 0 Å².